The summed E-state index contributed by atoms with van der Waals surface area (Å²) >= 11 is 1.62. The first-order chi connectivity index (χ1) is 8.06. The summed E-state index contributed by atoms with van der Waals surface area (Å²) in [7, 11) is 0. The second-order valence-electron chi connectivity index (χ2n) is 4.18. The highest BCUT2D eigenvalue weighted by Crippen LogP contribution is 2.36. The number of nitrogen functional groups attached to an aromatic ring is 2. The Hall–Kier alpha value is -1.61. The van der Waals surface area contributed by atoms with Crippen molar-refractivity contribution in [3.63, 3.8) is 0 Å². The number of hydrogen-bond acceptors (Lipinski definition) is 3. The van der Waals surface area contributed by atoms with Crippen LogP contribution in [0.3, 0.4) is 0 Å². The summed E-state index contributed by atoms with van der Waals surface area (Å²) in [6.45, 7) is 4.12. The Bertz CT molecular complexity index is 500. The molecule has 4 N–H and O–H groups in total. The van der Waals surface area contributed by atoms with E-state index in [0.717, 1.165) is 21.2 Å². The zero-order chi connectivity index (χ0) is 12.4. The highest BCUT2D eigenvalue weighted by atomic mass is 32.2. The maximum absolute atomic E-state index is 5.96. The van der Waals surface area contributed by atoms with Gasteiger partial charge >= 0.3 is 0 Å². The molecule has 0 saturated heterocycles. The summed E-state index contributed by atoms with van der Waals surface area (Å²) in [5.74, 6) is 0. The molecule has 3 heteroatoms. The lowest BCUT2D eigenvalue weighted by atomic mass is 10.2. The van der Waals surface area contributed by atoms with Gasteiger partial charge in [-0.1, -0.05) is 23.9 Å². The van der Waals surface area contributed by atoms with Gasteiger partial charge in [0.25, 0.3) is 0 Å². The SMILES string of the molecule is Cc1ccc(N)c(Sc2cc(C)ccc2N)c1. The van der Waals surface area contributed by atoms with Crippen LogP contribution in [0.25, 0.3) is 0 Å². The van der Waals surface area contributed by atoms with Crippen LogP contribution in [0.5, 0.6) is 0 Å². The molecule has 0 saturated carbocycles. The molecule has 0 aliphatic heterocycles. The predicted octanol–water partition coefficient (Wildman–Crippen LogP) is 3.62. The lowest BCUT2D eigenvalue weighted by Crippen LogP contribution is -1.92. The Labute approximate surface area is 106 Å². The molecule has 0 atom stereocenters. The second-order valence-corrected chi connectivity index (χ2v) is 5.27. The molecule has 2 rings (SSSR count). The summed E-state index contributed by atoms with van der Waals surface area (Å²) in [5.41, 5.74) is 15.9. The molecule has 0 unspecified atom stereocenters. The average molecular weight is 244 g/mol. The number of hydrogen-bond donors (Lipinski definition) is 2. The molecule has 0 aliphatic rings. The largest absolute Gasteiger partial charge is 0.398 e. The quantitative estimate of drug-likeness (QED) is 0.793. The van der Waals surface area contributed by atoms with E-state index in [1.54, 1.807) is 11.8 Å². The van der Waals surface area contributed by atoms with Gasteiger partial charge in [-0.05, 0) is 49.2 Å². The van der Waals surface area contributed by atoms with E-state index in [0.29, 0.717) is 0 Å². The molecule has 2 aromatic carbocycles. The van der Waals surface area contributed by atoms with Crippen molar-refractivity contribution in [3.8, 4) is 0 Å². The van der Waals surface area contributed by atoms with Crippen molar-refractivity contribution in [1.82, 2.24) is 0 Å². The van der Waals surface area contributed by atoms with E-state index in [9.17, 15) is 0 Å². The van der Waals surface area contributed by atoms with Crippen LogP contribution in [-0.2, 0) is 0 Å². The first-order valence-corrected chi connectivity index (χ1v) is 6.28. The van der Waals surface area contributed by atoms with Gasteiger partial charge in [0.15, 0.2) is 0 Å². The minimum atomic E-state index is 0.793. The van der Waals surface area contributed by atoms with Crippen molar-refractivity contribution >= 4 is 23.1 Å². The maximum Gasteiger partial charge on any atom is 0.0456 e. The van der Waals surface area contributed by atoms with Crippen LogP contribution in [0.1, 0.15) is 11.1 Å². The molecule has 0 bridgehead atoms. The monoisotopic (exact) mass is 244 g/mol. The lowest BCUT2D eigenvalue weighted by molar-refractivity contribution is 1.33. The van der Waals surface area contributed by atoms with E-state index < -0.39 is 0 Å². The average Bonchev–Trinajstić information content (AvgIpc) is 2.28. The Morgan fingerprint density at radius 2 is 1.18 bits per heavy atom. The molecule has 2 aromatic rings. The first-order valence-electron chi connectivity index (χ1n) is 5.46. The predicted molar refractivity (Wildman–Crippen MR) is 75.3 cm³/mol. The highest BCUT2D eigenvalue weighted by Gasteiger charge is 2.05. The summed E-state index contributed by atoms with van der Waals surface area (Å²) in [6, 6.07) is 12.1. The van der Waals surface area contributed by atoms with E-state index in [1.165, 1.54) is 11.1 Å². The zero-order valence-electron chi connectivity index (χ0n) is 10.0. The van der Waals surface area contributed by atoms with E-state index in [1.807, 2.05) is 24.3 Å². The third-order valence-corrected chi connectivity index (χ3v) is 3.70. The number of nitrogens with two attached hydrogens (primary N) is 2. The van der Waals surface area contributed by atoms with Crippen molar-refractivity contribution in [1.29, 1.82) is 0 Å². The number of anilines is 2. The molecule has 0 radical (unpaired) electrons. The minimum Gasteiger partial charge on any atom is -0.398 e. The third kappa shape index (κ3) is 2.74. The van der Waals surface area contributed by atoms with Crippen molar-refractivity contribution in [2.75, 3.05) is 11.5 Å². The summed E-state index contributed by atoms with van der Waals surface area (Å²) in [4.78, 5) is 2.12. The Morgan fingerprint density at radius 3 is 1.59 bits per heavy atom. The molecule has 0 aromatic heterocycles. The van der Waals surface area contributed by atoms with E-state index in [-0.39, 0.29) is 0 Å². The lowest BCUT2D eigenvalue weighted by Gasteiger charge is -2.09. The van der Waals surface area contributed by atoms with Crippen LogP contribution in [0.2, 0.25) is 0 Å². The maximum atomic E-state index is 5.96. The fourth-order valence-corrected chi connectivity index (χ4v) is 2.68. The van der Waals surface area contributed by atoms with Gasteiger partial charge < -0.3 is 11.5 Å². The van der Waals surface area contributed by atoms with Gasteiger partial charge in [-0.2, -0.15) is 0 Å². The molecule has 2 nitrogen and oxygen atoms in total. The molecule has 0 aliphatic carbocycles. The van der Waals surface area contributed by atoms with Gasteiger partial charge in [-0.15, -0.1) is 0 Å². The van der Waals surface area contributed by atoms with Gasteiger partial charge in [0.05, 0.1) is 0 Å². The first kappa shape index (κ1) is 11.9. The summed E-state index contributed by atoms with van der Waals surface area (Å²) < 4.78 is 0. The highest BCUT2D eigenvalue weighted by molar-refractivity contribution is 7.99. The van der Waals surface area contributed by atoms with Gasteiger partial charge in [0.2, 0.25) is 0 Å². The standard InChI is InChI=1S/C14H16N2S/c1-9-3-5-11(15)13(7-9)17-14-8-10(2)4-6-12(14)16/h3-8H,15-16H2,1-2H3. The normalized spacial score (nSPS) is 10.5. The van der Waals surface area contributed by atoms with E-state index in [2.05, 4.69) is 26.0 Å². The number of aryl methyl sites for hydroxylation is 2. The molecule has 0 amide bonds. The topological polar surface area (TPSA) is 52.0 Å². The van der Waals surface area contributed by atoms with E-state index >= 15 is 0 Å². The third-order valence-electron chi connectivity index (χ3n) is 2.56. The number of rotatable bonds is 2. The van der Waals surface area contributed by atoms with Crippen LogP contribution in [-0.4, -0.2) is 0 Å². The number of benzene rings is 2. The van der Waals surface area contributed by atoms with Crippen molar-refractivity contribution in [3.05, 3.63) is 47.5 Å². The van der Waals surface area contributed by atoms with Crippen LogP contribution >= 0.6 is 11.8 Å². The Kier molecular flexibility index (Phi) is 3.29. The minimum absolute atomic E-state index is 0.793. The molecule has 0 spiro atoms. The molecule has 88 valence electrons. The van der Waals surface area contributed by atoms with Gasteiger partial charge in [-0.3, -0.25) is 0 Å². The molecular formula is C14H16N2S. The van der Waals surface area contributed by atoms with Crippen molar-refractivity contribution in [2.24, 2.45) is 0 Å². The van der Waals surface area contributed by atoms with Crippen LogP contribution in [0, 0.1) is 13.8 Å². The fourth-order valence-electron chi connectivity index (χ4n) is 1.58. The smallest absolute Gasteiger partial charge is 0.0456 e. The molecule has 17 heavy (non-hydrogen) atoms. The zero-order valence-corrected chi connectivity index (χ0v) is 10.8. The van der Waals surface area contributed by atoms with Gasteiger partial charge in [-0.25, -0.2) is 0 Å². The van der Waals surface area contributed by atoms with Crippen molar-refractivity contribution in [2.45, 2.75) is 23.6 Å². The summed E-state index contributed by atoms with van der Waals surface area (Å²) in [5, 5.41) is 0. The van der Waals surface area contributed by atoms with Crippen LogP contribution in [0.15, 0.2) is 46.2 Å². The van der Waals surface area contributed by atoms with Crippen molar-refractivity contribution < 1.29 is 0 Å². The Morgan fingerprint density at radius 1 is 0.765 bits per heavy atom. The molecular weight excluding hydrogens is 228 g/mol. The summed E-state index contributed by atoms with van der Waals surface area (Å²) in [6.07, 6.45) is 0. The molecule has 0 fully saturated rings. The van der Waals surface area contributed by atoms with Gasteiger partial charge in [0, 0.05) is 21.2 Å². The van der Waals surface area contributed by atoms with Crippen LogP contribution < -0.4 is 11.5 Å². The molecule has 0 heterocycles. The van der Waals surface area contributed by atoms with Gasteiger partial charge in [0.1, 0.15) is 0 Å². The fraction of sp³-hybridized carbons (Fsp3) is 0.143. The van der Waals surface area contributed by atoms with Crippen LogP contribution in [0.4, 0.5) is 11.4 Å². The second kappa shape index (κ2) is 4.72. The Balaban J connectivity index is 2.37. The van der Waals surface area contributed by atoms with E-state index in [4.69, 9.17) is 11.5 Å².